The quantitative estimate of drug-likeness (QED) is 0.828. The molecule has 0 spiro atoms. The Morgan fingerprint density at radius 3 is 3.05 bits per heavy atom. The Bertz CT molecular complexity index is 433. The molecule has 0 saturated carbocycles. The molecular formula is C15H23N3S. The number of aryl methyl sites for hydroxylation is 1. The van der Waals surface area contributed by atoms with Crippen molar-refractivity contribution in [3.05, 3.63) is 29.8 Å². The Hall–Kier alpha value is -1.13. The minimum Gasteiger partial charge on any atom is -0.361 e. The lowest BCUT2D eigenvalue weighted by Crippen LogP contribution is -2.41. The fourth-order valence-corrected chi connectivity index (χ4v) is 2.85. The Morgan fingerprint density at radius 2 is 2.32 bits per heavy atom. The Morgan fingerprint density at radius 1 is 1.47 bits per heavy atom. The van der Waals surface area contributed by atoms with E-state index in [1.807, 2.05) is 12.1 Å². The molecule has 1 unspecified atom stereocenters. The van der Waals surface area contributed by atoms with E-state index in [1.54, 1.807) is 0 Å². The maximum absolute atomic E-state index is 5.35. The van der Waals surface area contributed by atoms with Gasteiger partial charge in [-0.05, 0) is 62.8 Å². The fraction of sp³-hybridized carbons (Fsp3) is 0.533. The van der Waals surface area contributed by atoms with Gasteiger partial charge in [-0.2, -0.15) is 0 Å². The third kappa shape index (κ3) is 4.18. The van der Waals surface area contributed by atoms with Crippen LogP contribution in [0.1, 0.15) is 25.3 Å². The molecule has 1 fully saturated rings. The molecule has 3 nitrogen and oxygen atoms in total. The fourth-order valence-electron chi connectivity index (χ4n) is 2.65. The highest BCUT2D eigenvalue weighted by Gasteiger charge is 2.22. The monoisotopic (exact) mass is 277 g/mol. The zero-order valence-electron chi connectivity index (χ0n) is 11.8. The van der Waals surface area contributed by atoms with E-state index in [0.717, 1.165) is 18.8 Å². The van der Waals surface area contributed by atoms with E-state index in [-0.39, 0.29) is 0 Å². The van der Waals surface area contributed by atoms with Gasteiger partial charge in [-0.25, -0.2) is 0 Å². The van der Waals surface area contributed by atoms with Crippen molar-refractivity contribution in [2.45, 2.75) is 32.7 Å². The molecule has 0 bridgehead atoms. The van der Waals surface area contributed by atoms with Crippen LogP contribution < -0.4 is 10.6 Å². The van der Waals surface area contributed by atoms with E-state index >= 15 is 0 Å². The van der Waals surface area contributed by atoms with Crippen LogP contribution in [0, 0.1) is 6.92 Å². The smallest absolute Gasteiger partial charge is 0.170 e. The largest absolute Gasteiger partial charge is 0.361 e. The third-order valence-electron chi connectivity index (χ3n) is 3.68. The molecule has 0 amide bonds. The first-order chi connectivity index (χ1) is 9.19. The van der Waals surface area contributed by atoms with E-state index in [2.05, 4.69) is 41.5 Å². The third-order valence-corrected chi connectivity index (χ3v) is 3.93. The van der Waals surface area contributed by atoms with Crippen LogP contribution in [0.4, 0.5) is 5.69 Å². The van der Waals surface area contributed by atoms with Gasteiger partial charge in [-0.15, -0.1) is 0 Å². The summed E-state index contributed by atoms with van der Waals surface area (Å²) in [5, 5.41) is 7.29. The van der Waals surface area contributed by atoms with Crippen LogP contribution in [-0.2, 0) is 0 Å². The second-order valence-electron chi connectivity index (χ2n) is 5.13. The van der Waals surface area contributed by atoms with Crippen LogP contribution in [0.25, 0.3) is 0 Å². The second-order valence-corrected chi connectivity index (χ2v) is 5.54. The number of nitrogens with zero attached hydrogens (tertiary/aromatic N) is 1. The molecule has 0 aromatic heterocycles. The summed E-state index contributed by atoms with van der Waals surface area (Å²) < 4.78 is 0. The summed E-state index contributed by atoms with van der Waals surface area (Å²) in [5.41, 5.74) is 2.29. The van der Waals surface area contributed by atoms with Gasteiger partial charge in [0.25, 0.3) is 0 Å². The zero-order valence-corrected chi connectivity index (χ0v) is 12.6. The van der Waals surface area contributed by atoms with Crippen LogP contribution in [0.2, 0.25) is 0 Å². The molecular weight excluding hydrogens is 254 g/mol. The molecule has 19 heavy (non-hydrogen) atoms. The number of likely N-dealkylation sites (tertiary alicyclic amines) is 1. The Kier molecular flexibility index (Phi) is 5.16. The average molecular weight is 277 g/mol. The topological polar surface area (TPSA) is 27.3 Å². The van der Waals surface area contributed by atoms with Crippen molar-refractivity contribution in [1.29, 1.82) is 0 Å². The van der Waals surface area contributed by atoms with E-state index in [4.69, 9.17) is 12.2 Å². The second kappa shape index (κ2) is 6.87. The maximum Gasteiger partial charge on any atom is 0.170 e. The molecule has 1 saturated heterocycles. The summed E-state index contributed by atoms with van der Waals surface area (Å²) in [4.78, 5) is 2.52. The van der Waals surface area contributed by atoms with Gasteiger partial charge in [0.2, 0.25) is 0 Å². The average Bonchev–Trinajstić information content (AvgIpc) is 2.83. The highest BCUT2D eigenvalue weighted by molar-refractivity contribution is 7.80. The van der Waals surface area contributed by atoms with Crippen molar-refractivity contribution in [2.24, 2.45) is 0 Å². The number of anilines is 1. The first-order valence-corrected chi connectivity index (χ1v) is 7.45. The predicted octanol–water partition coefficient (Wildman–Crippen LogP) is 2.77. The molecule has 104 valence electrons. The number of nitrogens with one attached hydrogen (secondary N) is 2. The minimum atomic E-state index is 0.627. The van der Waals surface area contributed by atoms with E-state index in [0.29, 0.717) is 11.2 Å². The van der Waals surface area contributed by atoms with Crippen LogP contribution in [0.3, 0.4) is 0 Å². The van der Waals surface area contributed by atoms with E-state index < -0.39 is 0 Å². The van der Waals surface area contributed by atoms with Crippen LogP contribution in [0.5, 0.6) is 0 Å². The number of likely N-dealkylation sites (N-methyl/N-ethyl adjacent to an activating group) is 1. The van der Waals surface area contributed by atoms with Crippen molar-refractivity contribution in [3.63, 3.8) is 0 Å². The number of benzene rings is 1. The molecule has 2 N–H and O–H groups in total. The van der Waals surface area contributed by atoms with Gasteiger partial charge < -0.3 is 10.6 Å². The molecule has 0 aliphatic carbocycles. The zero-order chi connectivity index (χ0) is 13.7. The van der Waals surface area contributed by atoms with Gasteiger partial charge >= 0.3 is 0 Å². The first-order valence-electron chi connectivity index (χ1n) is 7.04. The summed E-state index contributed by atoms with van der Waals surface area (Å²) in [6.45, 7) is 7.60. The minimum absolute atomic E-state index is 0.627. The lowest BCUT2D eigenvalue weighted by Gasteiger charge is -2.23. The van der Waals surface area contributed by atoms with Gasteiger partial charge in [0.15, 0.2) is 5.11 Å². The predicted molar refractivity (Wildman–Crippen MR) is 85.7 cm³/mol. The number of hydrogen-bond acceptors (Lipinski definition) is 2. The highest BCUT2D eigenvalue weighted by atomic mass is 32.1. The first kappa shape index (κ1) is 14.3. The van der Waals surface area contributed by atoms with Gasteiger partial charge in [0, 0.05) is 18.3 Å². The van der Waals surface area contributed by atoms with E-state index in [9.17, 15) is 0 Å². The normalized spacial score (nSPS) is 19.4. The maximum atomic E-state index is 5.35. The molecule has 1 aliphatic rings. The van der Waals surface area contributed by atoms with Crippen LogP contribution in [0.15, 0.2) is 24.3 Å². The molecule has 1 atom stereocenters. The summed E-state index contributed by atoms with van der Waals surface area (Å²) >= 11 is 5.35. The molecule has 1 aliphatic heterocycles. The molecule has 4 heteroatoms. The van der Waals surface area contributed by atoms with Crippen molar-refractivity contribution in [2.75, 3.05) is 25.0 Å². The molecule has 0 radical (unpaired) electrons. The van der Waals surface area contributed by atoms with E-state index in [1.165, 1.54) is 24.9 Å². The summed E-state index contributed by atoms with van der Waals surface area (Å²) in [5.74, 6) is 0. The van der Waals surface area contributed by atoms with Crippen LogP contribution in [-0.4, -0.2) is 35.7 Å². The Labute approximate surface area is 121 Å². The lowest BCUT2D eigenvalue weighted by atomic mass is 10.2. The number of hydrogen-bond donors (Lipinski definition) is 2. The molecule has 1 heterocycles. The number of thiocarbonyl (C=S) groups is 1. The van der Waals surface area contributed by atoms with Crippen LogP contribution >= 0.6 is 12.2 Å². The highest BCUT2D eigenvalue weighted by Crippen LogP contribution is 2.15. The van der Waals surface area contributed by atoms with Gasteiger partial charge in [-0.1, -0.05) is 19.1 Å². The summed E-state index contributed by atoms with van der Waals surface area (Å²) in [6, 6.07) is 8.88. The van der Waals surface area contributed by atoms with Gasteiger partial charge in [-0.3, -0.25) is 4.90 Å². The summed E-state index contributed by atoms with van der Waals surface area (Å²) in [6.07, 6.45) is 2.58. The van der Waals surface area contributed by atoms with Gasteiger partial charge in [0.1, 0.15) is 0 Å². The molecule has 2 rings (SSSR count). The molecule has 1 aromatic rings. The van der Waals surface area contributed by atoms with Crippen molar-refractivity contribution in [3.8, 4) is 0 Å². The van der Waals surface area contributed by atoms with Gasteiger partial charge in [0.05, 0.1) is 0 Å². The number of rotatable bonds is 4. The van der Waals surface area contributed by atoms with Crippen molar-refractivity contribution >= 4 is 23.0 Å². The Balaban J connectivity index is 1.78. The summed E-state index contributed by atoms with van der Waals surface area (Å²) in [7, 11) is 0. The lowest BCUT2D eigenvalue weighted by molar-refractivity contribution is 0.267. The van der Waals surface area contributed by atoms with Crippen molar-refractivity contribution in [1.82, 2.24) is 10.2 Å². The molecule has 1 aromatic carbocycles. The standard InChI is InChI=1S/C15H23N3S/c1-3-18-9-5-8-14(18)11-16-15(19)17-13-7-4-6-12(2)10-13/h4,6-7,10,14H,3,5,8-9,11H2,1-2H3,(H2,16,17,19). The SMILES string of the molecule is CCN1CCCC1CNC(=S)Nc1cccc(C)c1. The van der Waals surface area contributed by atoms with Crippen molar-refractivity contribution < 1.29 is 0 Å².